The molecule has 1 aliphatic rings. The van der Waals surface area contributed by atoms with E-state index in [4.69, 9.17) is 4.74 Å². The van der Waals surface area contributed by atoms with Crippen LogP contribution in [0, 0.1) is 0 Å². The molecule has 1 aromatic heterocycles. The van der Waals surface area contributed by atoms with Gasteiger partial charge in [-0.1, -0.05) is 0 Å². The molecule has 1 atom stereocenters. The maximum Gasteiger partial charge on any atom is 0.257 e. The van der Waals surface area contributed by atoms with Crippen LogP contribution in [0.25, 0.3) is 0 Å². The van der Waals surface area contributed by atoms with Gasteiger partial charge in [-0.25, -0.2) is 0 Å². The standard InChI is InChI=1S/C11H14N2O3/c1-13(8-3-5-16-7-8)11(15)9-2-4-12-6-10(9)14/h2,4,6,8,14H,3,5,7H2,1H3. The molecule has 16 heavy (non-hydrogen) atoms. The molecule has 1 aromatic rings. The molecule has 0 spiro atoms. The first kappa shape index (κ1) is 10.9. The largest absolute Gasteiger partial charge is 0.505 e. The van der Waals surface area contributed by atoms with Gasteiger partial charge in [-0.05, 0) is 12.5 Å². The maximum atomic E-state index is 12.0. The van der Waals surface area contributed by atoms with Crippen molar-refractivity contribution in [1.82, 2.24) is 9.88 Å². The molecular formula is C11H14N2O3. The second-order valence-corrected chi connectivity index (χ2v) is 3.83. The highest BCUT2D eigenvalue weighted by molar-refractivity contribution is 5.96. The zero-order chi connectivity index (χ0) is 11.5. The number of nitrogens with zero attached hydrogens (tertiary/aromatic N) is 2. The number of ether oxygens (including phenoxy) is 1. The lowest BCUT2D eigenvalue weighted by atomic mass is 10.1. The van der Waals surface area contributed by atoms with Gasteiger partial charge in [0.15, 0.2) is 0 Å². The lowest BCUT2D eigenvalue weighted by Crippen LogP contribution is -2.37. The van der Waals surface area contributed by atoms with E-state index in [9.17, 15) is 9.90 Å². The van der Waals surface area contributed by atoms with Gasteiger partial charge in [0.2, 0.25) is 0 Å². The average molecular weight is 222 g/mol. The van der Waals surface area contributed by atoms with Crippen LogP contribution in [0.5, 0.6) is 5.75 Å². The van der Waals surface area contributed by atoms with Crippen molar-refractivity contribution in [2.45, 2.75) is 12.5 Å². The van der Waals surface area contributed by atoms with E-state index in [-0.39, 0.29) is 23.3 Å². The molecule has 1 amide bonds. The van der Waals surface area contributed by atoms with E-state index in [1.165, 1.54) is 18.5 Å². The van der Waals surface area contributed by atoms with Crippen molar-refractivity contribution in [2.75, 3.05) is 20.3 Å². The number of hydrogen-bond donors (Lipinski definition) is 1. The molecule has 1 aliphatic heterocycles. The predicted octanol–water partition coefficient (Wildman–Crippen LogP) is 0.648. The maximum absolute atomic E-state index is 12.0. The van der Waals surface area contributed by atoms with Crippen LogP contribution in [0.2, 0.25) is 0 Å². The first-order valence-corrected chi connectivity index (χ1v) is 5.18. The van der Waals surface area contributed by atoms with Gasteiger partial charge in [-0.3, -0.25) is 9.78 Å². The number of carbonyl (C=O) groups excluding carboxylic acids is 1. The molecule has 5 heteroatoms. The van der Waals surface area contributed by atoms with Crippen molar-refractivity contribution in [1.29, 1.82) is 0 Å². The topological polar surface area (TPSA) is 62.7 Å². The summed E-state index contributed by atoms with van der Waals surface area (Å²) in [6, 6.07) is 1.62. The number of aromatic hydroxyl groups is 1. The van der Waals surface area contributed by atoms with Crippen LogP contribution in [0.4, 0.5) is 0 Å². The molecule has 1 N–H and O–H groups in total. The Morgan fingerprint density at radius 3 is 3.12 bits per heavy atom. The molecular weight excluding hydrogens is 208 g/mol. The van der Waals surface area contributed by atoms with Crippen molar-refractivity contribution in [2.24, 2.45) is 0 Å². The summed E-state index contributed by atoms with van der Waals surface area (Å²) >= 11 is 0. The van der Waals surface area contributed by atoms with E-state index < -0.39 is 0 Å². The fraction of sp³-hybridized carbons (Fsp3) is 0.455. The highest BCUT2D eigenvalue weighted by Gasteiger charge is 2.26. The number of carbonyl (C=O) groups is 1. The zero-order valence-electron chi connectivity index (χ0n) is 9.09. The molecule has 1 saturated heterocycles. The molecule has 0 bridgehead atoms. The Morgan fingerprint density at radius 1 is 1.69 bits per heavy atom. The monoisotopic (exact) mass is 222 g/mol. The number of amides is 1. The van der Waals surface area contributed by atoms with Crippen molar-refractivity contribution in [3.8, 4) is 5.75 Å². The van der Waals surface area contributed by atoms with Gasteiger partial charge < -0.3 is 14.7 Å². The lowest BCUT2D eigenvalue weighted by Gasteiger charge is -2.23. The number of hydrogen-bond acceptors (Lipinski definition) is 4. The van der Waals surface area contributed by atoms with Gasteiger partial charge in [0.05, 0.1) is 24.4 Å². The molecule has 0 aromatic carbocycles. The summed E-state index contributed by atoms with van der Waals surface area (Å²) in [6.07, 6.45) is 3.60. The van der Waals surface area contributed by atoms with Crippen molar-refractivity contribution in [3.63, 3.8) is 0 Å². The normalized spacial score (nSPS) is 19.7. The number of pyridine rings is 1. The molecule has 86 valence electrons. The predicted molar refractivity (Wildman–Crippen MR) is 57.2 cm³/mol. The van der Waals surface area contributed by atoms with Gasteiger partial charge in [-0.15, -0.1) is 0 Å². The second-order valence-electron chi connectivity index (χ2n) is 3.83. The van der Waals surface area contributed by atoms with E-state index in [0.717, 1.165) is 6.42 Å². The van der Waals surface area contributed by atoms with Gasteiger partial charge in [0.1, 0.15) is 5.75 Å². The van der Waals surface area contributed by atoms with Crippen LogP contribution >= 0.6 is 0 Å². The average Bonchev–Trinajstić information content (AvgIpc) is 2.81. The smallest absolute Gasteiger partial charge is 0.257 e. The summed E-state index contributed by atoms with van der Waals surface area (Å²) in [4.78, 5) is 17.4. The second kappa shape index (κ2) is 4.49. The van der Waals surface area contributed by atoms with E-state index in [1.807, 2.05) is 0 Å². The Kier molecular flexibility index (Phi) is 3.05. The number of likely N-dealkylation sites (N-methyl/N-ethyl adjacent to an activating group) is 1. The van der Waals surface area contributed by atoms with Gasteiger partial charge in [0.25, 0.3) is 5.91 Å². The van der Waals surface area contributed by atoms with E-state index in [0.29, 0.717) is 13.2 Å². The fourth-order valence-electron chi connectivity index (χ4n) is 1.75. The molecule has 2 heterocycles. The van der Waals surface area contributed by atoms with Crippen LogP contribution in [0.15, 0.2) is 18.5 Å². The number of aromatic nitrogens is 1. The highest BCUT2D eigenvalue weighted by atomic mass is 16.5. The third-order valence-electron chi connectivity index (χ3n) is 2.80. The minimum absolute atomic E-state index is 0.0849. The molecule has 2 rings (SSSR count). The summed E-state index contributed by atoms with van der Waals surface area (Å²) in [5, 5.41) is 9.53. The highest BCUT2D eigenvalue weighted by Crippen LogP contribution is 2.19. The zero-order valence-corrected chi connectivity index (χ0v) is 9.09. The van der Waals surface area contributed by atoms with Crippen molar-refractivity contribution in [3.05, 3.63) is 24.0 Å². The Hall–Kier alpha value is -1.62. The fourth-order valence-corrected chi connectivity index (χ4v) is 1.75. The molecule has 5 nitrogen and oxygen atoms in total. The van der Waals surface area contributed by atoms with Crippen LogP contribution in [0.1, 0.15) is 16.8 Å². The Morgan fingerprint density at radius 2 is 2.50 bits per heavy atom. The van der Waals surface area contributed by atoms with Crippen molar-refractivity contribution >= 4 is 5.91 Å². The summed E-state index contributed by atoms with van der Waals surface area (Å²) < 4.78 is 5.23. The van der Waals surface area contributed by atoms with Gasteiger partial charge >= 0.3 is 0 Å². The quantitative estimate of drug-likeness (QED) is 0.798. The van der Waals surface area contributed by atoms with Gasteiger partial charge in [-0.2, -0.15) is 0 Å². The van der Waals surface area contributed by atoms with Crippen LogP contribution in [-0.4, -0.2) is 47.2 Å². The third-order valence-corrected chi connectivity index (χ3v) is 2.80. The van der Waals surface area contributed by atoms with Crippen LogP contribution in [0.3, 0.4) is 0 Å². The molecule has 1 unspecified atom stereocenters. The number of rotatable bonds is 2. The van der Waals surface area contributed by atoms with E-state index >= 15 is 0 Å². The molecule has 0 radical (unpaired) electrons. The third kappa shape index (κ3) is 1.99. The molecule has 1 fully saturated rings. The molecule has 0 aliphatic carbocycles. The van der Waals surface area contributed by atoms with E-state index in [1.54, 1.807) is 11.9 Å². The summed E-state index contributed by atoms with van der Waals surface area (Å²) in [5.74, 6) is -0.284. The summed E-state index contributed by atoms with van der Waals surface area (Å²) in [6.45, 7) is 1.25. The van der Waals surface area contributed by atoms with Crippen LogP contribution < -0.4 is 0 Å². The van der Waals surface area contributed by atoms with Gasteiger partial charge in [0, 0.05) is 19.9 Å². The first-order chi connectivity index (χ1) is 7.70. The lowest BCUT2D eigenvalue weighted by molar-refractivity contribution is 0.0708. The summed E-state index contributed by atoms with van der Waals surface area (Å²) in [5.41, 5.74) is 0.282. The van der Waals surface area contributed by atoms with Crippen molar-refractivity contribution < 1.29 is 14.6 Å². The van der Waals surface area contributed by atoms with E-state index in [2.05, 4.69) is 4.98 Å². The molecule has 0 saturated carbocycles. The minimum atomic E-state index is -0.199. The Labute approximate surface area is 93.7 Å². The SMILES string of the molecule is CN(C(=O)c1ccncc1O)C1CCOC1. The Bertz CT molecular complexity index is 389. The summed E-state index contributed by atoms with van der Waals surface area (Å²) in [7, 11) is 1.72. The van der Waals surface area contributed by atoms with Crippen LogP contribution in [-0.2, 0) is 4.74 Å². The first-order valence-electron chi connectivity index (χ1n) is 5.18. The Balaban J connectivity index is 2.15. The minimum Gasteiger partial charge on any atom is -0.505 e.